The first-order chi connectivity index (χ1) is 20.2. The molecule has 0 saturated heterocycles. The maximum absolute atomic E-state index is 5.08. The number of hydrogen-bond donors (Lipinski definition) is 0. The van der Waals surface area contributed by atoms with Crippen LogP contribution >= 0.6 is 0 Å². The molecule has 0 aliphatic heterocycles. The van der Waals surface area contributed by atoms with Crippen LogP contribution in [0, 0.1) is 13.8 Å². The summed E-state index contributed by atoms with van der Waals surface area (Å²) >= 11 is 0. The molecule has 2 heterocycles. The standard InChI is InChI=1S/C38H25N3/c1-22-15-20-29-28-13-8-11-26-21-23(2)37-34(32(26)28)33(29)36(22)41(37)27-18-16-25(17-19-27)38-39-31-14-7-6-12-30(31)35(40-38)24-9-4-3-5-10-24/h3-21H,1-2H3. The van der Waals surface area contributed by atoms with Gasteiger partial charge in [0.2, 0.25) is 0 Å². The minimum Gasteiger partial charge on any atom is -0.309 e. The molecule has 41 heavy (non-hydrogen) atoms. The number of para-hydroxylation sites is 1. The van der Waals surface area contributed by atoms with Gasteiger partial charge >= 0.3 is 0 Å². The highest BCUT2D eigenvalue weighted by atomic mass is 15.0. The van der Waals surface area contributed by atoms with E-state index in [4.69, 9.17) is 9.97 Å². The molecule has 0 radical (unpaired) electrons. The molecule has 0 spiro atoms. The monoisotopic (exact) mass is 523 g/mol. The molecule has 3 heteroatoms. The van der Waals surface area contributed by atoms with E-state index in [9.17, 15) is 0 Å². The number of aryl methyl sites for hydroxylation is 2. The molecule has 0 saturated carbocycles. The summed E-state index contributed by atoms with van der Waals surface area (Å²) in [7, 11) is 0. The third kappa shape index (κ3) is 3.03. The van der Waals surface area contributed by atoms with Crippen molar-refractivity contribution in [3.05, 3.63) is 126 Å². The molecule has 6 aromatic carbocycles. The first-order valence-electron chi connectivity index (χ1n) is 14.1. The van der Waals surface area contributed by atoms with Gasteiger partial charge in [-0.1, -0.05) is 78.9 Å². The van der Waals surface area contributed by atoms with E-state index in [1.54, 1.807) is 0 Å². The van der Waals surface area contributed by atoms with Crippen molar-refractivity contribution >= 4 is 43.5 Å². The van der Waals surface area contributed by atoms with E-state index in [0.717, 1.165) is 39.2 Å². The molecule has 0 bridgehead atoms. The van der Waals surface area contributed by atoms with Crippen molar-refractivity contribution < 1.29 is 0 Å². The summed E-state index contributed by atoms with van der Waals surface area (Å²) in [6.45, 7) is 4.47. The lowest BCUT2D eigenvalue weighted by atomic mass is 10.00. The Hall–Kier alpha value is -5.28. The molecule has 8 aromatic rings. The van der Waals surface area contributed by atoms with Crippen molar-refractivity contribution in [3.63, 3.8) is 0 Å². The van der Waals surface area contributed by atoms with Crippen molar-refractivity contribution in [2.45, 2.75) is 13.8 Å². The van der Waals surface area contributed by atoms with Crippen molar-refractivity contribution in [2.24, 2.45) is 0 Å². The number of hydrogen-bond acceptors (Lipinski definition) is 2. The summed E-state index contributed by atoms with van der Waals surface area (Å²) in [6, 6.07) is 41.0. The first kappa shape index (κ1) is 22.5. The second-order valence-corrected chi connectivity index (χ2v) is 11.1. The maximum atomic E-state index is 5.08. The van der Waals surface area contributed by atoms with Gasteiger partial charge in [-0.3, -0.25) is 0 Å². The zero-order chi connectivity index (χ0) is 27.2. The average molecular weight is 524 g/mol. The quantitative estimate of drug-likeness (QED) is 0.231. The molecule has 0 unspecified atom stereocenters. The van der Waals surface area contributed by atoms with Crippen LogP contribution in [0.1, 0.15) is 11.1 Å². The fourth-order valence-corrected chi connectivity index (χ4v) is 6.96. The number of rotatable bonds is 3. The Labute approximate surface area is 237 Å². The van der Waals surface area contributed by atoms with Gasteiger partial charge < -0.3 is 4.57 Å². The molecule has 1 aliphatic carbocycles. The van der Waals surface area contributed by atoms with Crippen LogP contribution in [0.4, 0.5) is 0 Å². The molecule has 9 rings (SSSR count). The average Bonchev–Trinajstić information content (AvgIpc) is 3.55. The van der Waals surface area contributed by atoms with Gasteiger partial charge in [0.1, 0.15) is 0 Å². The zero-order valence-corrected chi connectivity index (χ0v) is 22.8. The van der Waals surface area contributed by atoms with Crippen LogP contribution in [-0.2, 0) is 0 Å². The van der Waals surface area contributed by atoms with Crippen molar-refractivity contribution in [2.75, 3.05) is 0 Å². The molecule has 3 nitrogen and oxygen atoms in total. The van der Waals surface area contributed by atoms with Gasteiger partial charge in [0, 0.05) is 33.0 Å². The summed E-state index contributed by atoms with van der Waals surface area (Å²) in [6.07, 6.45) is 0. The summed E-state index contributed by atoms with van der Waals surface area (Å²) in [5.41, 5.74) is 13.0. The molecule has 192 valence electrons. The van der Waals surface area contributed by atoms with E-state index in [1.165, 1.54) is 54.8 Å². The molecule has 0 amide bonds. The number of fused-ring (bicyclic) bond motifs is 2. The van der Waals surface area contributed by atoms with Gasteiger partial charge in [0.15, 0.2) is 5.82 Å². The second kappa shape index (κ2) is 8.12. The van der Waals surface area contributed by atoms with Crippen molar-refractivity contribution in [1.29, 1.82) is 0 Å². The van der Waals surface area contributed by atoms with E-state index in [2.05, 4.69) is 122 Å². The van der Waals surface area contributed by atoms with E-state index >= 15 is 0 Å². The summed E-state index contributed by atoms with van der Waals surface area (Å²) in [5, 5.41) is 6.53. The topological polar surface area (TPSA) is 30.7 Å². The Bertz CT molecular complexity index is 2360. The lowest BCUT2D eigenvalue weighted by Gasteiger charge is -2.15. The molecular formula is C38H25N3. The SMILES string of the molecule is Cc1ccc2c3c4c5c-2cccc5cc(C)c4n(-c2ccc(-c4nc(-c5ccccc5)c5ccccc5n4)cc2)c13. The zero-order valence-electron chi connectivity index (χ0n) is 22.8. The smallest absolute Gasteiger partial charge is 0.160 e. The highest BCUT2D eigenvalue weighted by Gasteiger charge is 2.27. The molecule has 1 aliphatic rings. The minimum atomic E-state index is 0.739. The Morgan fingerprint density at radius 2 is 1.29 bits per heavy atom. The summed E-state index contributed by atoms with van der Waals surface area (Å²) in [4.78, 5) is 10.1. The fourth-order valence-electron chi connectivity index (χ4n) is 6.96. The second-order valence-electron chi connectivity index (χ2n) is 11.1. The maximum Gasteiger partial charge on any atom is 0.160 e. The van der Waals surface area contributed by atoms with Gasteiger partial charge in [-0.15, -0.1) is 0 Å². The van der Waals surface area contributed by atoms with Crippen LogP contribution in [0.2, 0.25) is 0 Å². The Balaban J connectivity index is 1.26. The predicted octanol–water partition coefficient (Wildman–Crippen LogP) is 9.81. The van der Waals surface area contributed by atoms with Crippen LogP contribution in [0.5, 0.6) is 0 Å². The Kier molecular flexibility index (Phi) is 4.46. The lowest BCUT2D eigenvalue weighted by molar-refractivity contribution is 1.15. The van der Waals surface area contributed by atoms with E-state index in [-0.39, 0.29) is 0 Å². The lowest BCUT2D eigenvalue weighted by Crippen LogP contribution is -1.99. The predicted molar refractivity (Wildman–Crippen MR) is 171 cm³/mol. The third-order valence-corrected chi connectivity index (χ3v) is 8.73. The van der Waals surface area contributed by atoms with Gasteiger partial charge in [0.25, 0.3) is 0 Å². The number of nitrogens with zero attached hydrogens (tertiary/aromatic N) is 3. The van der Waals surface area contributed by atoms with Crippen LogP contribution < -0.4 is 0 Å². The minimum absolute atomic E-state index is 0.739. The van der Waals surface area contributed by atoms with Crippen LogP contribution in [0.15, 0.2) is 115 Å². The molecular weight excluding hydrogens is 498 g/mol. The fraction of sp³-hybridized carbons (Fsp3) is 0.0526. The normalized spacial score (nSPS) is 12.1. The molecule has 0 atom stereocenters. The summed E-state index contributed by atoms with van der Waals surface area (Å²) in [5.74, 6) is 0.739. The first-order valence-corrected chi connectivity index (χ1v) is 14.1. The van der Waals surface area contributed by atoms with Crippen molar-refractivity contribution in [1.82, 2.24) is 14.5 Å². The van der Waals surface area contributed by atoms with Gasteiger partial charge in [-0.25, -0.2) is 9.97 Å². The van der Waals surface area contributed by atoms with Gasteiger partial charge in [-0.05, 0) is 83.3 Å². The van der Waals surface area contributed by atoms with Gasteiger partial charge in [-0.2, -0.15) is 0 Å². The third-order valence-electron chi connectivity index (χ3n) is 8.73. The number of aromatic nitrogens is 3. The highest BCUT2D eigenvalue weighted by molar-refractivity contribution is 6.34. The van der Waals surface area contributed by atoms with Crippen LogP contribution in [-0.4, -0.2) is 14.5 Å². The van der Waals surface area contributed by atoms with E-state index < -0.39 is 0 Å². The van der Waals surface area contributed by atoms with E-state index in [0.29, 0.717) is 0 Å². The summed E-state index contributed by atoms with van der Waals surface area (Å²) < 4.78 is 2.47. The Morgan fingerprint density at radius 3 is 2.15 bits per heavy atom. The van der Waals surface area contributed by atoms with Crippen LogP contribution in [0.3, 0.4) is 0 Å². The molecule has 0 fully saturated rings. The largest absolute Gasteiger partial charge is 0.309 e. The van der Waals surface area contributed by atoms with E-state index in [1.807, 2.05) is 12.1 Å². The molecule has 0 N–H and O–H groups in total. The van der Waals surface area contributed by atoms with Gasteiger partial charge in [0.05, 0.1) is 22.2 Å². The van der Waals surface area contributed by atoms with Crippen LogP contribution in [0.25, 0.3) is 82.9 Å². The Morgan fingerprint density at radius 1 is 0.537 bits per heavy atom. The highest BCUT2D eigenvalue weighted by Crippen LogP contribution is 2.51. The number of benzene rings is 6. The van der Waals surface area contributed by atoms with Crippen molar-refractivity contribution in [3.8, 4) is 39.5 Å². The molecule has 2 aromatic heterocycles.